The van der Waals surface area contributed by atoms with E-state index in [2.05, 4.69) is 32.2 Å². The molecule has 2 aromatic rings. The molecule has 0 unspecified atom stereocenters. The van der Waals surface area contributed by atoms with Crippen LogP contribution < -0.4 is 5.32 Å². The molecule has 6 heteroatoms. The Bertz CT molecular complexity index is 744. The first-order chi connectivity index (χ1) is 10.8. The SMILES string of the molecule is N=Nc1c(NCC2CC2)ccc(C#Cc2cnccn2)c1Cl. The zero-order valence-corrected chi connectivity index (χ0v) is 12.6. The van der Waals surface area contributed by atoms with Crippen molar-refractivity contribution in [1.82, 2.24) is 9.97 Å². The third-order valence-electron chi connectivity index (χ3n) is 3.39. The lowest BCUT2D eigenvalue weighted by Gasteiger charge is -2.10. The van der Waals surface area contributed by atoms with Gasteiger partial charge in [-0.3, -0.25) is 4.98 Å². The summed E-state index contributed by atoms with van der Waals surface area (Å²) in [6.07, 6.45) is 7.28. The Kier molecular flexibility index (Phi) is 4.31. The van der Waals surface area contributed by atoms with Crippen LogP contribution in [-0.2, 0) is 0 Å². The molecule has 1 aliphatic carbocycles. The van der Waals surface area contributed by atoms with Crippen LogP contribution in [0, 0.1) is 23.3 Å². The van der Waals surface area contributed by atoms with E-state index in [-0.39, 0.29) is 0 Å². The molecule has 0 radical (unpaired) electrons. The van der Waals surface area contributed by atoms with Crippen LogP contribution in [-0.4, -0.2) is 16.5 Å². The van der Waals surface area contributed by atoms with Crippen molar-refractivity contribution >= 4 is 23.0 Å². The summed E-state index contributed by atoms with van der Waals surface area (Å²) < 4.78 is 0. The number of hydrogen-bond acceptors (Lipinski definition) is 5. The molecule has 1 aliphatic rings. The molecule has 110 valence electrons. The minimum atomic E-state index is 0.382. The smallest absolute Gasteiger partial charge is 0.131 e. The number of halogens is 1. The molecular formula is C16H14ClN5. The van der Waals surface area contributed by atoms with Crippen LogP contribution in [0.25, 0.3) is 0 Å². The highest BCUT2D eigenvalue weighted by molar-refractivity contribution is 6.34. The van der Waals surface area contributed by atoms with E-state index in [1.54, 1.807) is 18.6 Å². The standard InChI is InChI=1S/C16H14ClN5/c17-15-12(3-5-13-10-19-7-8-20-13)4-6-14(16(15)22-18)21-9-11-1-2-11/h4,6-8,10-11,18,21H,1-2,9H2. The summed E-state index contributed by atoms with van der Waals surface area (Å²) in [4.78, 5) is 8.04. The van der Waals surface area contributed by atoms with Gasteiger partial charge in [-0.2, -0.15) is 5.11 Å². The Balaban J connectivity index is 1.86. The van der Waals surface area contributed by atoms with Crippen LogP contribution in [0.15, 0.2) is 35.8 Å². The van der Waals surface area contributed by atoms with Crippen molar-refractivity contribution in [2.24, 2.45) is 11.0 Å². The second-order valence-electron chi connectivity index (χ2n) is 5.10. The fourth-order valence-electron chi connectivity index (χ4n) is 1.98. The zero-order chi connectivity index (χ0) is 15.4. The summed E-state index contributed by atoms with van der Waals surface area (Å²) >= 11 is 6.32. The first-order valence-corrected chi connectivity index (χ1v) is 7.37. The molecule has 0 atom stereocenters. The van der Waals surface area contributed by atoms with Gasteiger partial charge in [0, 0.05) is 24.5 Å². The normalized spacial score (nSPS) is 13.1. The van der Waals surface area contributed by atoms with Gasteiger partial charge in [0.25, 0.3) is 0 Å². The van der Waals surface area contributed by atoms with Crippen molar-refractivity contribution in [3.63, 3.8) is 0 Å². The summed E-state index contributed by atoms with van der Waals surface area (Å²) in [6, 6.07) is 3.69. The summed E-state index contributed by atoms with van der Waals surface area (Å²) in [7, 11) is 0. The van der Waals surface area contributed by atoms with Gasteiger partial charge in [-0.05, 0) is 36.8 Å². The molecule has 1 fully saturated rings. The highest BCUT2D eigenvalue weighted by Crippen LogP contribution is 2.37. The number of aromatic nitrogens is 2. The van der Waals surface area contributed by atoms with E-state index in [0.29, 0.717) is 22.0 Å². The van der Waals surface area contributed by atoms with E-state index < -0.39 is 0 Å². The van der Waals surface area contributed by atoms with Gasteiger partial charge < -0.3 is 5.32 Å². The molecule has 22 heavy (non-hydrogen) atoms. The second kappa shape index (κ2) is 6.54. The fourth-order valence-corrected chi connectivity index (χ4v) is 2.24. The molecule has 5 nitrogen and oxygen atoms in total. The molecular weight excluding hydrogens is 298 g/mol. The largest absolute Gasteiger partial charge is 0.383 e. The van der Waals surface area contributed by atoms with E-state index in [1.807, 2.05) is 12.1 Å². The topological polar surface area (TPSA) is 74.0 Å². The predicted octanol–water partition coefficient (Wildman–Crippen LogP) is 4.01. The first kappa shape index (κ1) is 14.5. The van der Waals surface area contributed by atoms with Crippen molar-refractivity contribution in [2.75, 3.05) is 11.9 Å². The summed E-state index contributed by atoms with van der Waals surface area (Å²) in [5, 5.41) is 7.22. The van der Waals surface area contributed by atoms with Gasteiger partial charge in [0.2, 0.25) is 0 Å². The van der Waals surface area contributed by atoms with Crippen LogP contribution in [0.4, 0.5) is 11.4 Å². The lowest BCUT2D eigenvalue weighted by molar-refractivity contribution is 0.888. The monoisotopic (exact) mass is 311 g/mol. The third-order valence-corrected chi connectivity index (χ3v) is 3.78. The maximum absolute atomic E-state index is 7.35. The molecule has 1 saturated carbocycles. The molecule has 0 aliphatic heterocycles. The van der Waals surface area contributed by atoms with Crippen molar-refractivity contribution in [2.45, 2.75) is 12.8 Å². The molecule has 2 N–H and O–H groups in total. The minimum absolute atomic E-state index is 0.382. The third kappa shape index (κ3) is 3.41. The van der Waals surface area contributed by atoms with Gasteiger partial charge in [-0.1, -0.05) is 17.5 Å². The minimum Gasteiger partial charge on any atom is -0.383 e. The van der Waals surface area contributed by atoms with Crippen LogP contribution >= 0.6 is 11.6 Å². The number of benzene rings is 1. The van der Waals surface area contributed by atoms with E-state index in [4.69, 9.17) is 17.1 Å². The maximum atomic E-state index is 7.35. The Morgan fingerprint density at radius 2 is 2.18 bits per heavy atom. The summed E-state index contributed by atoms with van der Waals surface area (Å²) in [5.41, 5.74) is 9.74. The predicted molar refractivity (Wildman–Crippen MR) is 85.5 cm³/mol. The average molecular weight is 312 g/mol. The van der Waals surface area contributed by atoms with Crippen LogP contribution in [0.3, 0.4) is 0 Å². The van der Waals surface area contributed by atoms with E-state index in [9.17, 15) is 0 Å². The van der Waals surface area contributed by atoms with Crippen molar-refractivity contribution in [3.8, 4) is 11.8 Å². The molecule has 1 aromatic carbocycles. The highest BCUT2D eigenvalue weighted by atomic mass is 35.5. The maximum Gasteiger partial charge on any atom is 0.131 e. The Morgan fingerprint density at radius 3 is 2.86 bits per heavy atom. The quantitative estimate of drug-likeness (QED) is 0.661. The number of nitrogens with zero attached hydrogens (tertiary/aromatic N) is 3. The fraction of sp³-hybridized carbons (Fsp3) is 0.250. The molecule has 0 spiro atoms. The van der Waals surface area contributed by atoms with Gasteiger partial charge in [-0.25, -0.2) is 10.5 Å². The molecule has 0 bridgehead atoms. The lowest BCUT2D eigenvalue weighted by atomic mass is 10.1. The number of nitrogens with one attached hydrogen (secondary N) is 2. The van der Waals surface area contributed by atoms with Gasteiger partial charge >= 0.3 is 0 Å². The number of rotatable bonds is 4. The zero-order valence-electron chi connectivity index (χ0n) is 11.8. The van der Waals surface area contributed by atoms with Crippen molar-refractivity contribution in [1.29, 1.82) is 5.53 Å². The highest BCUT2D eigenvalue weighted by Gasteiger charge is 2.21. The van der Waals surface area contributed by atoms with Crippen LogP contribution in [0.2, 0.25) is 5.02 Å². The number of anilines is 1. The summed E-state index contributed by atoms with van der Waals surface area (Å²) in [5.74, 6) is 6.58. The van der Waals surface area contributed by atoms with Gasteiger partial charge in [0.1, 0.15) is 11.4 Å². The molecule has 1 aromatic heterocycles. The van der Waals surface area contributed by atoms with Crippen molar-refractivity contribution in [3.05, 3.63) is 47.0 Å². The van der Waals surface area contributed by atoms with Crippen molar-refractivity contribution < 1.29 is 0 Å². The van der Waals surface area contributed by atoms with Gasteiger partial charge in [0.15, 0.2) is 0 Å². The molecule has 3 rings (SSSR count). The van der Waals surface area contributed by atoms with E-state index in [0.717, 1.165) is 18.2 Å². The van der Waals surface area contributed by atoms with Gasteiger partial charge in [0.05, 0.1) is 16.9 Å². The Hall–Kier alpha value is -2.45. The summed E-state index contributed by atoms with van der Waals surface area (Å²) in [6.45, 7) is 0.892. The molecule has 0 amide bonds. The lowest BCUT2D eigenvalue weighted by Crippen LogP contribution is -2.03. The second-order valence-corrected chi connectivity index (χ2v) is 5.48. The molecule has 0 saturated heterocycles. The first-order valence-electron chi connectivity index (χ1n) is 7.00. The van der Waals surface area contributed by atoms with Crippen LogP contribution in [0.1, 0.15) is 24.1 Å². The van der Waals surface area contributed by atoms with E-state index >= 15 is 0 Å². The number of hydrogen-bond donors (Lipinski definition) is 2. The Morgan fingerprint density at radius 1 is 1.32 bits per heavy atom. The van der Waals surface area contributed by atoms with E-state index in [1.165, 1.54) is 12.8 Å². The van der Waals surface area contributed by atoms with Gasteiger partial charge in [-0.15, -0.1) is 0 Å². The Labute approximate surface area is 133 Å². The molecule has 1 heterocycles. The average Bonchev–Trinajstić information content (AvgIpc) is 3.37. The van der Waals surface area contributed by atoms with Crippen LogP contribution in [0.5, 0.6) is 0 Å².